The molecule has 1 aromatic heterocycles. The van der Waals surface area contributed by atoms with E-state index in [1.807, 2.05) is 19.2 Å². The van der Waals surface area contributed by atoms with Crippen LogP contribution < -0.4 is 5.32 Å². The molecule has 3 aromatic rings. The van der Waals surface area contributed by atoms with E-state index in [9.17, 15) is 4.39 Å². The molecule has 1 nitrogen and oxygen atoms in total. The maximum atomic E-state index is 13.0. The van der Waals surface area contributed by atoms with Gasteiger partial charge in [-0.05, 0) is 47.1 Å². The van der Waals surface area contributed by atoms with Crippen LogP contribution in [0.5, 0.6) is 0 Å². The summed E-state index contributed by atoms with van der Waals surface area (Å²) in [6, 6.07) is 15.1. The average molecular weight is 271 g/mol. The molecule has 0 radical (unpaired) electrons. The fraction of sp³-hybridized carbons (Fsp3) is 0.125. The van der Waals surface area contributed by atoms with Gasteiger partial charge in [-0.25, -0.2) is 4.39 Å². The second-order valence-electron chi connectivity index (χ2n) is 4.46. The van der Waals surface area contributed by atoms with Crippen LogP contribution >= 0.6 is 11.3 Å². The van der Waals surface area contributed by atoms with E-state index in [2.05, 4.69) is 35.0 Å². The fourth-order valence-electron chi connectivity index (χ4n) is 2.38. The highest BCUT2D eigenvalue weighted by molar-refractivity contribution is 7.17. The predicted molar refractivity (Wildman–Crippen MR) is 79.1 cm³/mol. The predicted octanol–water partition coefficient (Wildman–Crippen LogP) is 4.35. The summed E-state index contributed by atoms with van der Waals surface area (Å²) < 4.78 is 14.3. The average Bonchev–Trinajstić information content (AvgIpc) is 2.86. The van der Waals surface area contributed by atoms with Crippen LogP contribution in [0.2, 0.25) is 0 Å². The van der Waals surface area contributed by atoms with Crippen LogP contribution in [0.3, 0.4) is 0 Å². The van der Waals surface area contributed by atoms with E-state index in [-0.39, 0.29) is 11.9 Å². The number of nitrogens with one attached hydrogen (secondary N) is 1. The number of hydrogen-bond donors (Lipinski definition) is 1. The van der Waals surface area contributed by atoms with Gasteiger partial charge >= 0.3 is 0 Å². The Hall–Kier alpha value is -1.71. The van der Waals surface area contributed by atoms with Gasteiger partial charge in [0.15, 0.2) is 0 Å². The summed E-state index contributed by atoms with van der Waals surface area (Å²) in [6.07, 6.45) is 0. The van der Waals surface area contributed by atoms with Crippen LogP contribution in [0.1, 0.15) is 17.2 Å². The highest BCUT2D eigenvalue weighted by Crippen LogP contribution is 2.33. The standard InChI is InChI=1S/C16H14FNS/c1-18-16(11-6-8-12(17)9-7-11)14-10-19-15-5-3-2-4-13(14)15/h2-10,16,18H,1H3. The highest BCUT2D eigenvalue weighted by Gasteiger charge is 2.15. The molecule has 0 aliphatic carbocycles. The quantitative estimate of drug-likeness (QED) is 0.746. The normalized spacial score (nSPS) is 12.7. The Balaban J connectivity index is 2.09. The summed E-state index contributed by atoms with van der Waals surface area (Å²) in [5, 5.41) is 6.75. The number of rotatable bonds is 3. The van der Waals surface area contributed by atoms with Gasteiger partial charge in [-0.15, -0.1) is 11.3 Å². The van der Waals surface area contributed by atoms with Crippen LogP contribution in [-0.4, -0.2) is 7.05 Å². The van der Waals surface area contributed by atoms with E-state index in [1.165, 1.54) is 27.8 Å². The van der Waals surface area contributed by atoms with E-state index in [0.717, 1.165) is 5.56 Å². The van der Waals surface area contributed by atoms with Crippen molar-refractivity contribution in [3.63, 3.8) is 0 Å². The lowest BCUT2D eigenvalue weighted by Crippen LogP contribution is -2.17. The Kier molecular flexibility index (Phi) is 3.32. The fourth-order valence-corrected chi connectivity index (χ4v) is 3.37. The third kappa shape index (κ3) is 2.27. The SMILES string of the molecule is CNC(c1ccc(F)cc1)c1csc2ccccc12. The summed E-state index contributed by atoms with van der Waals surface area (Å²) in [6.45, 7) is 0. The first-order chi connectivity index (χ1) is 9.29. The van der Waals surface area contributed by atoms with Gasteiger partial charge in [-0.3, -0.25) is 0 Å². The lowest BCUT2D eigenvalue weighted by Gasteiger charge is -2.16. The maximum absolute atomic E-state index is 13.0. The van der Waals surface area contributed by atoms with Crippen molar-refractivity contribution in [2.45, 2.75) is 6.04 Å². The van der Waals surface area contributed by atoms with Crippen LogP contribution in [0.15, 0.2) is 53.9 Å². The van der Waals surface area contributed by atoms with Crippen LogP contribution in [-0.2, 0) is 0 Å². The van der Waals surface area contributed by atoms with Crippen molar-refractivity contribution in [3.05, 3.63) is 70.9 Å². The minimum absolute atomic E-state index is 0.0942. The first-order valence-electron chi connectivity index (χ1n) is 6.18. The second kappa shape index (κ2) is 5.11. The molecule has 1 N–H and O–H groups in total. The van der Waals surface area contributed by atoms with Gasteiger partial charge in [0.25, 0.3) is 0 Å². The van der Waals surface area contributed by atoms with Crippen molar-refractivity contribution in [1.82, 2.24) is 5.32 Å². The molecule has 0 spiro atoms. The van der Waals surface area contributed by atoms with Gasteiger partial charge in [0.1, 0.15) is 5.82 Å². The molecule has 2 aromatic carbocycles. The van der Waals surface area contributed by atoms with Gasteiger partial charge in [-0.2, -0.15) is 0 Å². The Morgan fingerprint density at radius 2 is 1.79 bits per heavy atom. The summed E-state index contributed by atoms with van der Waals surface area (Å²) in [4.78, 5) is 0. The summed E-state index contributed by atoms with van der Waals surface area (Å²) in [5.41, 5.74) is 2.32. The molecular weight excluding hydrogens is 257 g/mol. The molecular formula is C16H14FNS. The first-order valence-corrected chi connectivity index (χ1v) is 7.06. The van der Waals surface area contributed by atoms with E-state index in [4.69, 9.17) is 0 Å². The molecule has 0 fully saturated rings. The summed E-state index contributed by atoms with van der Waals surface area (Å²) in [7, 11) is 1.93. The van der Waals surface area contributed by atoms with E-state index in [0.29, 0.717) is 0 Å². The number of benzene rings is 2. The monoisotopic (exact) mass is 271 g/mol. The lowest BCUT2D eigenvalue weighted by molar-refractivity contribution is 0.624. The summed E-state index contributed by atoms with van der Waals surface area (Å²) in [5.74, 6) is -0.200. The van der Waals surface area contributed by atoms with E-state index in [1.54, 1.807) is 11.3 Å². The van der Waals surface area contributed by atoms with Crippen LogP contribution in [0.4, 0.5) is 4.39 Å². The van der Waals surface area contributed by atoms with Crippen molar-refractivity contribution in [2.75, 3.05) is 7.05 Å². The Labute approximate surface area is 115 Å². The number of hydrogen-bond acceptors (Lipinski definition) is 2. The van der Waals surface area contributed by atoms with Crippen molar-refractivity contribution in [2.24, 2.45) is 0 Å². The van der Waals surface area contributed by atoms with Gasteiger partial charge in [0, 0.05) is 4.70 Å². The van der Waals surface area contributed by atoms with E-state index < -0.39 is 0 Å². The molecule has 3 heteroatoms. The molecule has 3 rings (SSSR count). The molecule has 96 valence electrons. The molecule has 1 unspecified atom stereocenters. The summed E-state index contributed by atoms with van der Waals surface area (Å²) >= 11 is 1.74. The molecule has 0 bridgehead atoms. The van der Waals surface area contributed by atoms with Crippen molar-refractivity contribution in [3.8, 4) is 0 Å². The minimum atomic E-state index is -0.200. The second-order valence-corrected chi connectivity index (χ2v) is 5.37. The zero-order valence-electron chi connectivity index (χ0n) is 10.6. The number of thiophene rings is 1. The zero-order chi connectivity index (χ0) is 13.2. The highest BCUT2D eigenvalue weighted by atomic mass is 32.1. The Bertz CT molecular complexity index is 687. The molecule has 1 heterocycles. The number of halogens is 1. The first kappa shape index (κ1) is 12.3. The van der Waals surface area contributed by atoms with Crippen LogP contribution in [0, 0.1) is 5.82 Å². The molecule has 0 aliphatic heterocycles. The molecule has 0 aliphatic rings. The molecule has 0 saturated heterocycles. The van der Waals surface area contributed by atoms with Crippen molar-refractivity contribution >= 4 is 21.4 Å². The largest absolute Gasteiger partial charge is 0.309 e. The Morgan fingerprint density at radius 1 is 1.05 bits per heavy atom. The third-order valence-electron chi connectivity index (χ3n) is 3.31. The Morgan fingerprint density at radius 3 is 2.53 bits per heavy atom. The molecule has 0 saturated carbocycles. The molecule has 19 heavy (non-hydrogen) atoms. The van der Waals surface area contributed by atoms with Gasteiger partial charge in [0.05, 0.1) is 6.04 Å². The van der Waals surface area contributed by atoms with Gasteiger partial charge in [0.2, 0.25) is 0 Å². The van der Waals surface area contributed by atoms with E-state index >= 15 is 0 Å². The number of fused-ring (bicyclic) bond motifs is 1. The maximum Gasteiger partial charge on any atom is 0.123 e. The zero-order valence-corrected chi connectivity index (χ0v) is 11.4. The molecule has 1 atom stereocenters. The smallest absolute Gasteiger partial charge is 0.123 e. The van der Waals surface area contributed by atoms with Crippen molar-refractivity contribution in [1.29, 1.82) is 0 Å². The van der Waals surface area contributed by atoms with Gasteiger partial charge in [-0.1, -0.05) is 30.3 Å². The lowest BCUT2D eigenvalue weighted by atomic mass is 9.98. The third-order valence-corrected chi connectivity index (χ3v) is 4.30. The minimum Gasteiger partial charge on any atom is -0.309 e. The van der Waals surface area contributed by atoms with Crippen molar-refractivity contribution < 1.29 is 4.39 Å². The topological polar surface area (TPSA) is 12.0 Å². The molecule has 0 amide bonds. The van der Waals surface area contributed by atoms with Crippen LogP contribution in [0.25, 0.3) is 10.1 Å². The van der Waals surface area contributed by atoms with Gasteiger partial charge < -0.3 is 5.32 Å².